The zero-order valence-electron chi connectivity index (χ0n) is 12.9. The first-order valence-electron chi connectivity index (χ1n) is 7.26. The van der Waals surface area contributed by atoms with Gasteiger partial charge in [-0.1, -0.05) is 15.9 Å². The van der Waals surface area contributed by atoms with E-state index in [-0.39, 0.29) is 12.7 Å². The van der Waals surface area contributed by atoms with Crippen molar-refractivity contribution in [3.63, 3.8) is 0 Å². The van der Waals surface area contributed by atoms with Crippen LogP contribution in [0, 0.1) is 0 Å². The van der Waals surface area contributed by atoms with Crippen molar-refractivity contribution >= 4 is 28.1 Å². The number of carbonyl (C=O) groups excluding carboxylic acids is 1. The lowest BCUT2D eigenvalue weighted by Crippen LogP contribution is -2.33. The molecule has 0 fully saturated rings. The highest BCUT2D eigenvalue weighted by Crippen LogP contribution is 2.31. The molecular formula is C17H15BrN2O4. The highest BCUT2D eigenvalue weighted by atomic mass is 79.9. The Bertz CT molecular complexity index is 762. The van der Waals surface area contributed by atoms with E-state index in [2.05, 4.69) is 26.5 Å². The summed E-state index contributed by atoms with van der Waals surface area (Å²) < 4.78 is 17.0. The quantitative estimate of drug-likeness (QED) is 0.628. The third-order valence-electron chi connectivity index (χ3n) is 3.28. The van der Waals surface area contributed by atoms with Crippen molar-refractivity contribution in [2.75, 3.05) is 6.79 Å². The molecule has 1 N–H and O–H groups in total. The number of carbonyl (C=O) groups is 1. The molecule has 6 nitrogen and oxygen atoms in total. The van der Waals surface area contributed by atoms with Crippen molar-refractivity contribution in [2.24, 2.45) is 5.10 Å². The Morgan fingerprint density at radius 2 is 2.00 bits per heavy atom. The molecular weight excluding hydrogens is 376 g/mol. The molecule has 1 aliphatic rings. The number of benzene rings is 2. The number of hydrogen-bond acceptors (Lipinski definition) is 5. The van der Waals surface area contributed by atoms with Crippen molar-refractivity contribution in [1.82, 2.24) is 5.43 Å². The first-order valence-corrected chi connectivity index (χ1v) is 8.06. The van der Waals surface area contributed by atoms with Crippen LogP contribution in [-0.4, -0.2) is 25.0 Å². The summed E-state index contributed by atoms with van der Waals surface area (Å²) in [7, 11) is 0. The third-order valence-corrected chi connectivity index (χ3v) is 3.81. The van der Waals surface area contributed by atoms with Crippen molar-refractivity contribution in [3.05, 3.63) is 52.5 Å². The van der Waals surface area contributed by atoms with Gasteiger partial charge in [-0.15, -0.1) is 0 Å². The minimum Gasteiger partial charge on any atom is -0.481 e. The van der Waals surface area contributed by atoms with Crippen LogP contribution < -0.4 is 19.6 Å². The van der Waals surface area contributed by atoms with E-state index in [1.165, 1.54) is 6.21 Å². The maximum atomic E-state index is 12.0. The average Bonchev–Trinajstić information content (AvgIpc) is 3.04. The number of amides is 1. The Morgan fingerprint density at radius 3 is 2.79 bits per heavy atom. The van der Waals surface area contributed by atoms with E-state index in [9.17, 15) is 4.79 Å². The van der Waals surface area contributed by atoms with Gasteiger partial charge in [-0.05, 0) is 55.0 Å². The molecule has 3 rings (SSSR count). The summed E-state index contributed by atoms with van der Waals surface area (Å²) in [6.07, 6.45) is 0.867. The summed E-state index contributed by atoms with van der Waals surface area (Å²) >= 11 is 3.34. The van der Waals surface area contributed by atoms with Gasteiger partial charge in [-0.3, -0.25) is 4.79 Å². The van der Waals surface area contributed by atoms with Gasteiger partial charge >= 0.3 is 0 Å². The van der Waals surface area contributed by atoms with E-state index in [0.717, 1.165) is 10.0 Å². The molecule has 24 heavy (non-hydrogen) atoms. The Morgan fingerprint density at radius 1 is 1.25 bits per heavy atom. The van der Waals surface area contributed by atoms with Gasteiger partial charge in [0.1, 0.15) is 5.75 Å². The zero-order valence-corrected chi connectivity index (χ0v) is 14.4. The molecule has 0 saturated heterocycles. The summed E-state index contributed by atoms with van der Waals surface area (Å²) in [5.74, 6) is 1.64. The van der Waals surface area contributed by atoms with Gasteiger partial charge in [0, 0.05) is 4.47 Å². The molecule has 2 aromatic rings. The number of hydrogen-bond donors (Lipinski definition) is 1. The molecule has 0 aromatic heterocycles. The second-order valence-corrected chi connectivity index (χ2v) is 5.98. The normalized spacial score (nSPS) is 13.8. The second-order valence-electron chi connectivity index (χ2n) is 5.06. The lowest BCUT2D eigenvalue weighted by Gasteiger charge is -2.12. The van der Waals surface area contributed by atoms with E-state index < -0.39 is 6.10 Å². The number of fused-ring (bicyclic) bond motifs is 1. The Kier molecular flexibility index (Phi) is 5.00. The number of rotatable bonds is 5. The van der Waals surface area contributed by atoms with E-state index in [4.69, 9.17) is 14.2 Å². The zero-order chi connectivity index (χ0) is 16.9. The average molecular weight is 391 g/mol. The maximum Gasteiger partial charge on any atom is 0.280 e. The van der Waals surface area contributed by atoms with Gasteiger partial charge in [-0.25, -0.2) is 5.43 Å². The van der Waals surface area contributed by atoms with Crippen molar-refractivity contribution < 1.29 is 19.0 Å². The fourth-order valence-corrected chi connectivity index (χ4v) is 2.29. The van der Waals surface area contributed by atoms with Crippen molar-refractivity contribution in [3.8, 4) is 17.2 Å². The molecule has 1 atom stereocenters. The Balaban J connectivity index is 1.53. The lowest BCUT2D eigenvalue weighted by atomic mass is 10.2. The predicted octanol–water partition coefficient (Wildman–Crippen LogP) is 3.10. The summed E-state index contributed by atoms with van der Waals surface area (Å²) in [4.78, 5) is 12.0. The summed E-state index contributed by atoms with van der Waals surface area (Å²) in [5.41, 5.74) is 3.25. The number of halogens is 1. The highest BCUT2D eigenvalue weighted by molar-refractivity contribution is 9.10. The van der Waals surface area contributed by atoms with E-state index in [1.54, 1.807) is 31.2 Å². The molecule has 124 valence electrons. The second kappa shape index (κ2) is 7.35. The van der Waals surface area contributed by atoms with Gasteiger partial charge < -0.3 is 14.2 Å². The SMILES string of the molecule is CC(Oc1ccc(Br)cc1)C(=O)NN=Cc1ccc2c(c1)OCO2. The molecule has 0 saturated carbocycles. The molecule has 0 spiro atoms. The van der Waals surface area contributed by atoms with Crippen LogP contribution in [0.2, 0.25) is 0 Å². The molecule has 0 aliphatic carbocycles. The van der Waals surface area contributed by atoms with Crippen molar-refractivity contribution in [1.29, 1.82) is 0 Å². The van der Waals surface area contributed by atoms with Crippen LogP contribution >= 0.6 is 15.9 Å². The Hall–Kier alpha value is -2.54. The van der Waals surface area contributed by atoms with Crippen LogP contribution in [0.5, 0.6) is 17.2 Å². The van der Waals surface area contributed by atoms with Gasteiger partial charge in [0.25, 0.3) is 5.91 Å². The summed E-state index contributed by atoms with van der Waals surface area (Å²) in [6, 6.07) is 12.7. The van der Waals surface area contributed by atoms with Crippen LogP contribution in [0.15, 0.2) is 52.0 Å². The Labute approximate surface area is 147 Å². The van der Waals surface area contributed by atoms with Crippen LogP contribution in [-0.2, 0) is 4.79 Å². The van der Waals surface area contributed by atoms with Crippen LogP contribution in [0.4, 0.5) is 0 Å². The molecule has 1 aliphatic heterocycles. The van der Waals surface area contributed by atoms with Crippen molar-refractivity contribution in [2.45, 2.75) is 13.0 Å². The van der Waals surface area contributed by atoms with Gasteiger partial charge in [0.2, 0.25) is 6.79 Å². The number of nitrogens with zero attached hydrogens (tertiary/aromatic N) is 1. The van der Waals surface area contributed by atoms with Crippen LogP contribution in [0.25, 0.3) is 0 Å². The van der Waals surface area contributed by atoms with Gasteiger partial charge in [-0.2, -0.15) is 5.10 Å². The first kappa shape index (κ1) is 16.3. The van der Waals surface area contributed by atoms with Crippen LogP contribution in [0.3, 0.4) is 0 Å². The number of nitrogens with one attached hydrogen (secondary N) is 1. The molecule has 1 heterocycles. The van der Waals surface area contributed by atoms with Gasteiger partial charge in [0.15, 0.2) is 17.6 Å². The molecule has 1 unspecified atom stereocenters. The minimum atomic E-state index is -0.667. The third kappa shape index (κ3) is 4.05. The number of ether oxygens (including phenoxy) is 3. The smallest absolute Gasteiger partial charge is 0.280 e. The molecule has 0 radical (unpaired) electrons. The summed E-state index contributed by atoms with van der Waals surface area (Å²) in [5, 5.41) is 3.94. The lowest BCUT2D eigenvalue weighted by molar-refractivity contribution is -0.127. The molecule has 7 heteroatoms. The topological polar surface area (TPSA) is 69.2 Å². The molecule has 0 bridgehead atoms. The fourth-order valence-electron chi connectivity index (χ4n) is 2.03. The summed E-state index contributed by atoms with van der Waals surface area (Å²) in [6.45, 7) is 1.88. The fraction of sp³-hybridized carbons (Fsp3) is 0.176. The molecule has 1 amide bonds. The van der Waals surface area contributed by atoms with E-state index in [1.807, 2.05) is 18.2 Å². The largest absolute Gasteiger partial charge is 0.481 e. The van der Waals surface area contributed by atoms with E-state index >= 15 is 0 Å². The van der Waals surface area contributed by atoms with Crippen LogP contribution in [0.1, 0.15) is 12.5 Å². The minimum absolute atomic E-state index is 0.220. The van der Waals surface area contributed by atoms with E-state index in [0.29, 0.717) is 17.2 Å². The maximum absolute atomic E-state index is 12.0. The standard InChI is InChI=1S/C17H15BrN2O4/c1-11(24-14-5-3-13(18)4-6-14)17(21)20-19-9-12-2-7-15-16(8-12)23-10-22-15/h2-9,11H,10H2,1H3,(H,20,21). The molecule has 2 aromatic carbocycles. The van der Waals surface area contributed by atoms with Gasteiger partial charge in [0.05, 0.1) is 6.21 Å². The predicted molar refractivity (Wildman–Crippen MR) is 92.5 cm³/mol. The number of hydrazone groups is 1. The first-order chi connectivity index (χ1) is 11.6. The monoisotopic (exact) mass is 390 g/mol. The highest BCUT2D eigenvalue weighted by Gasteiger charge is 2.14.